The molecule has 0 saturated carbocycles. The third-order valence-corrected chi connectivity index (χ3v) is 6.08. The lowest BCUT2D eigenvalue weighted by Gasteiger charge is -2.14. The zero-order chi connectivity index (χ0) is 18.6. The molecule has 5 nitrogen and oxygen atoms in total. The van der Waals surface area contributed by atoms with Gasteiger partial charge in [0.2, 0.25) is 10.0 Å². The molecule has 1 aliphatic rings. The van der Waals surface area contributed by atoms with Gasteiger partial charge in [0.05, 0.1) is 4.90 Å². The minimum Gasteiger partial charge on any atom is -0.299 e. The molecule has 1 N–H and O–H groups in total. The van der Waals surface area contributed by atoms with Gasteiger partial charge in [-0.3, -0.25) is 9.69 Å². The van der Waals surface area contributed by atoms with Crippen molar-refractivity contribution in [2.24, 2.45) is 0 Å². The average Bonchev–Trinajstić information content (AvgIpc) is 3.14. The first-order chi connectivity index (χ1) is 12.4. The fourth-order valence-electron chi connectivity index (χ4n) is 3.09. The maximum atomic E-state index is 12.4. The molecule has 0 spiro atoms. The molecule has 138 valence electrons. The standard InChI is InChI=1S/C20H24N2O3S/c1-16(23)19-8-10-20(11-9-19)26(24,25)21-14-17-4-6-18(7-5-17)15-22-12-2-3-13-22/h4-11,21H,2-3,12-15H2,1H3. The van der Waals surface area contributed by atoms with Crippen LogP contribution < -0.4 is 4.72 Å². The summed E-state index contributed by atoms with van der Waals surface area (Å²) in [6, 6.07) is 14.0. The van der Waals surface area contributed by atoms with Gasteiger partial charge in [-0.2, -0.15) is 0 Å². The summed E-state index contributed by atoms with van der Waals surface area (Å²) < 4.78 is 27.4. The molecule has 1 aliphatic heterocycles. The fourth-order valence-corrected chi connectivity index (χ4v) is 4.11. The predicted molar refractivity (Wildman–Crippen MR) is 101 cm³/mol. The number of sulfonamides is 1. The highest BCUT2D eigenvalue weighted by Crippen LogP contribution is 2.15. The van der Waals surface area contributed by atoms with E-state index < -0.39 is 10.0 Å². The number of carbonyl (C=O) groups is 1. The molecular weight excluding hydrogens is 348 g/mol. The van der Waals surface area contributed by atoms with Gasteiger partial charge >= 0.3 is 0 Å². The van der Waals surface area contributed by atoms with Crippen LogP contribution in [0.25, 0.3) is 0 Å². The normalized spacial score (nSPS) is 15.3. The molecule has 6 heteroatoms. The molecule has 0 amide bonds. The van der Waals surface area contributed by atoms with Gasteiger partial charge in [0.15, 0.2) is 5.78 Å². The summed E-state index contributed by atoms with van der Waals surface area (Å²) >= 11 is 0. The quantitative estimate of drug-likeness (QED) is 0.759. The molecule has 0 bridgehead atoms. The van der Waals surface area contributed by atoms with Gasteiger partial charge in [-0.25, -0.2) is 13.1 Å². The van der Waals surface area contributed by atoms with E-state index in [1.54, 1.807) is 0 Å². The van der Waals surface area contributed by atoms with Crippen LogP contribution in [0.15, 0.2) is 53.4 Å². The van der Waals surface area contributed by atoms with Gasteiger partial charge in [0.25, 0.3) is 0 Å². The molecule has 2 aromatic carbocycles. The Hall–Kier alpha value is -2.02. The number of rotatable bonds is 7. The SMILES string of the molecule is CC(=O)c1ccc(S(=O)(=O)NCc2ccc(CN3CCCC3)cc2)cc1. The summed E-state index contributed by atoms with van der Waals surface area (Å²) in [6.45, 7) is 4.96. The predicted octanol–water partition coefficient (Wildman–Crippen LogP) is 2.96. The van der Waals surface area contributed by atoms with Crippen LogP contribution in [0.3, 0.4) is 0 Å². The van der Waals surface area contributed by atoms with Crippen LogP contribution in [-0.2, 0) is 23.1 Å². The monoisotopic (exact) mass is 372 g/mol. The minimum atomic E-state index is -3.60. The average molecular weight is 372 g/mol. The van der Waals surface area contributed by atoms with E-state index in [0.717, 1.165) is 25.2 Å². The van der Waals surface area contributed by atoms with Gasteiger partial charge in [-0.15, -0.1) is 0 Å². The lowest BCUT2D eigenvalue weighted by atomic mass is 10.1. The maximum Gasteiger partial charge on any atom is 0.240 e. The molecule has 0 aromatic heterocycles. The highest BCUT2D eigenvalue weighted by Gasteiger charge is 2.15. The molecule has 2 aromatic rings. The molecule has 1 saturated heterocycles. The van der Waals surface area contributed by atoms with Gasteiger partial charge in [0, 0.05) is 18.7 Å². The Bertz CT molecular complexity index is 853. The summed E-state index contributed by atoms with van der Waals surface area (Å²) in [5.74, 6) is -0.0871. The molecule has 1 fully saturated rings. The third-order valence-electron chi connectivity index (χ3n) is 4.67. The second-order valence-electron chi connectivity index (χ2n) is 6.70. The van der Waals surface area contributed by atoms with E-state index in [0.29, 0.717) is 5.56 Å². The first-order valence-electron chi connectivity index (χ1n) is 8.85. The molecule has 0 aliphatic carbocycles. The van der Waals surface area contributed by atoms with E-state index in [1.807, 2.05) is 12.1 Å². The summed E-state index contributed by atoms with van der Waals surface area (Å²) in [5.41, 5.74) is 2.66. The van der Waals surface area contributed by atoms with E-state index in [1.165, 1.54) is 49.6 Å². The van der Waals surface area contributed by atoms with Gasteiger partial charge < -0.3 is 0 Å². The Morgan fingerprint density at radius 2 is 1.54 bits per heavy atom. The third kappa shape index (κ3) is 4.78. The molecule has 0 unspecified atom stereocenters. The van der Waals surface area contributed by atoms with Crippen LogP contribution in [-0.4, -0.2) is 32.2 Å². The molecule has 1 heterocycles. The zero-order valence-electron chi connectivity index (χ0n) is 14.9. The highest BCUT2D eigenvalue weighted by atomic mass is 32.2. The number of ketones is 1. The minimum absolute atomic E-state index is 0.0871. The first kappa shape index (κ1) is 18.8. The van der Waals surface area contributed by atoms with Crippen molar-refractivity contribution < 1.29 is 13.2 Å². The lowest BCUT2D eigenvalue weighted by molar-refractivity contribution is 0.101. The molecule has 0 radical (unpaired) electrons. The van der Waals surface area contributed by atoms with Crippen LogP contribution in [0.4, 0.5) is 0 Å². The van der Waals surface area contributed by atoms with Crippen LogP contribution in [0.5, 0.6) is 0 Å². The fraction of sp³-hybridized carbons (Fsp3) is 0.350. The van der Waals surface area contributed by atoms with Gasteiger partial charge in [-0.1, -0.05) is 36.4 Å². The number of likely N-dealkylation sites (tertiary alicyclic amines) is 1. The Kier molecular flexibility index (Phi) is 5.86. The van der Waals surface area contributed by atoms with Gasteiger partial charge in [0.1, 0.15) is 0 Å². The van der Waals surface area contributed by atoms with Crippen molar-refractivity contribution in [2.75, 3.05) is 13.1 Å². The van der Waals surface area contributed by atoms with E-state index in [4.69, 9.17) is 0 Å². The summed E-state index contributed by atoms with van der Waals surface area (Å²) in [7, 11) is -3.60. The number of hydrogen-bond acceptors (Lipinski definition) is 4. The second-order valence-corrected chi connectivity index (χ2v) is 8.47. The number of nitrogens with one attached hydrogen (secondary N) is 1. The summed E-state index contributed by atoms with van der Waals surface area (Å²) in [5, 5.41) is 0. The summed E-state index contributed by atoms with van der Waals surface area (Å²) in [6.07, 6.45) is 2.54. The number of carbonyl (C=O) groups excluding carboxylic acids is 1. The number of hydrogen-bond donors (Lipinski definition) is 1. The maximum absolute atomic E-state index is 12.4. The van der Waals surface area contributed by atoms with E-state index in [9.17, 15) is 13.2 Å². The van der Waals surface area contributed by atoms with E-state index in [-0.39, 0.29) is 17.2 Å². The lowest BCUT2D eigenvalue weighted by Crippen LogP contribution is -2.23. The Morgan fingerprint density at radius 1 is 0.962 bits per heavy atom. The molecule has 26 heavy (non-hydrogen) atoms. The number of Topliss-reactive ketones (excluding diaryl/α,β-unsaturated/α-hetero) is 1. The van der Waals surface area contributed by atoms with Gasteiger partial charge in [-0.05, 0) is 56.1 Å². The molecule has 0 atom stereocenters. The largest absolute Gasteiger partial charge is 0.299 e. The topological polar surface area (TPSA) is 66.5 Å². The zero-order valence-corrected chi connectivity index (χ0v) is 15.8. The first-order valence-corrected chi connectivity index (χ1v) is 10.3. The van der Waals surface area contributed by atoms with Crippen molar-refractivity contribution >= 4 is 15.8 Å². The van der Waals surface area contributed by atoms with Crippen LogP contribution >= 0.6 is 0 Å². The molecule has 3 rings (SSSR count). The second kappa shape index (κ2) is 8.12. The van der Waals surface area contributed by atoms with Crippen LogP contribution in [0, 0.1) is 0 Å². The number of benzene rings is 2. The van der Waals surface area contributed by atoms with E-state index in [2.05, 4.69) is 21.8 Å². The number of nitrogens with zero attached hydrogens (tertiary/aromatic N) is 1. The van der Waals surface area contributed by atoms with Crippen LogP contribution in [0.2, 0.25) is 0 Å². The Labute approximate surface area is 155 Å². The van der Waals surface area contributed by atoms with Crippen molar-refractivity contribution in [3.05, 3.63) is 65.2 Å². The van der Waals surface area contributed by atoms with E-state index >= 15 is 0 Å². The Morgan fingerprint density at radius 3 is 2.12 bits per heavy atom. The van der Waals surface area contributed by atoms with Crippen molar-refractivity contribution in [1.29, 1.82) is 0 Å². The van der Waals surface area contributed by atoms with Crippen molar-refractivity contribution in [1.82, 2.24) is 9.62 Å². The highest BCUT2D eigenvalue weighted by molar-refractivity contribution is 7.89. The van der Waals surface area contributed by atoms with Crippen LogP contribution in [0.1, 0.15) is 41.3 Å². The van der Waals surface area contributed by atoms with Crippen molar-refractivity contribution in [3.8, 4) is 0 Å². The van der Waals surface area contributed by atoms with Crippen molar-refractivity contribution in [3.63, 3.8) is 0 Å². The molecular formula is C20H24N2O3S. The Balaban J connectivity index is 1.59. The summed E-state index contributed by atoms with van der Waals surface area (Å²) in [4.78, 5) is 13.9. The van der Waals surface area contributed by atoms with Crippen molar-refractivity contribution in [2.45, 2.75) is 37.8 Å². The smallest absolute Gasteiger partial charge is 0.240 e.